The minimum atomic E-state index is -0.945. The minimum Gasteiger partial charge on any atom is -0.480 e. The average molecular weight is 483 g/mol. The second-order valence-electron chi connectivity index (χ2n) is 12.1. The molecule has 4 rings (SSSR count). The number of carboxylic acid groups (broad SMARTS) is 1. The summed E-state index contributed by atoms with van der Waals surface area (Å²) in [5, 5.41) is 26.6. The van der Waals surface area contributed by atoms with Crippen molar-refractivity contribution in [2.24, 2.45) is 22.4 Å². The summed E-state index contributed by atoms with van der Waals surface area (Å²) in [6.07, 6.45) is 9.16. The van der Waals surface area contributed by atoms with Gasteiger partial charge in [-0.2, -0.15) is 0 Å². The first-order chi connectivity index (χ1) is 16.6. The molecule has 3 aliphatic carbocycles. The summed E-state index contributed by atoms with van der Waals surface area (Å²) < 4.78 is 0. The van der Waals surface area contributed by atoms with Gasteiger partial charge in [-0.1, -0.05) is 83.5 Å². The Kier molecular flexibility index (Phi) is 7.31. The predicted molar refractivity (Wildman–Crippen MR) is 137 cm³/mol. The molecule has 0 heterocycles. The van der Waals surface area contributed by atoms with Crippen LogP contribution in [-0.4, -0.2) is 33.9 Å². The number of nitrogens with zero attached hydrogens (tertiary/aromatic N) is 1. The van der Waals surface area contributed by atoms with E-state index in [1.165, 1.54) is 12.0 Å². The van der Waals surface area contributed by atoms with Crippen molar-refractivity contribution in [2.45, 2.75) is 109 Å². The maximum absolute atomic E-state index is 13.8. The molecule has 192 valence electrons. The van der Waals surface area contributed by atoms with E-state index in [2.05, 4.69) is 49.4 Å². The van der Waals surface area contributed by atoms with E-state index in [9.17, 15) is 19.9 Å². The fourth-order valence-corrected chi connectivity index (χ4v) is 7.28. The van der Waals surface area contributed by atoms with Crippen LogP contribution in [0.15, 0.2) is 23.4 Å². The predicted octanol–water partition coefficient (Wildman–Crippen LogP) is 6.00. The number of carbonyl (C=O) groups is 2. The highest BCUT2D eigenvalue weighted by Crippen LogP contribution is 2.57. The standard InChI is InChI=1S/C29H42N2O4/c1-18(2)20-11-12-22-21(16-20)23(31-35)17-25-28(22,3)13-8-14-29(25,4)27(34)30-24(26(32)33)15-19-9-6-5-7-10-19/h11-12,16,18-19,24-25,35H,5-10,13-15,17H2,1-4H3,(H,30,34)(H,32,33)/b31-23-/t24-,25+,28+,29+/m0/s1. The van der Waals surface area contributed by atoms with Gasteiger partial charge in [-0.05, 0) is 66.0 Å². The molecule has 0 bridgehead atoms. The first kappa shape index (κ1) is 25.7. The summed E-state index contributed by atoms with van der Waals surface area (Å²) in [5.74, 6) is -0.462. The first-order valence-electron chi connectivity index (χ1n) is 13.5. The molecular weight excluding hydrogens is 440 g/mol. The van der Waals surface area contributed by atoms with Gasteiger partial charge in [0, 0.05) is 5.56 Å². The Labute approximate surface area is 209 Å². The Bertz CT molecular complexity index is 996. The lowest BCUT2D eigenvalue weighted by Gasteiger charge is -2.54. The number of benzene rings is 1. The van der Waals surface area contributed by atoms with Gasteiger partial charge in [0.05, 0.1) is 11.1 Å². The summed E-state index contributed by atoms with van der Waals surface area (Å²) in [6, 6.07) is 5.61. The second-order valence-corrected chi connectivity index (χ2v) is 12.1. The number of carbonyl (C=O) groups excluding carboxylic acids is 1. The fourth-order valence-electron chi connectivity index (χ4n) is 7.28. The first-order valence-corrected chi connectivity index (χ1v) is 13.5. The van der Waals surface area contributed by atoms with Crippen LogP contribution in [0.4, 0.5) is 0 Å². The van der Waals surface area contributed by atoms with E-state index >= 15 is 0 Å². The van der Waals surface area contributed by atoms with Gasteiger partial charge in [0.1, 0.15) is 6.04 Å². The van der Waals surface area contributed by atoms with Crippen molar-refractivity contribution in [2.75, 3.05) is 0 Å². The molecule has 35 heavy (non-hydrogen) atoms. The number of aliphatic carboxylic acids is 1. The van der Waals surface area contributed by atoms with E-state index in [1.54, 1.807) is 0 Å². The zero-order valence-electron chi connectivity index (χ0n) is 21.8. The third kappa shape index (κ3) is 4.73. The van der Waals surface area contributed by atoms with Crippen LogP contribution in [0.25, 0.3) is 0 Å². The van der Waals surface area contributed by atoms with Crippen molar-refractivity contribution in [1.29, 1.82) is 0 Å². The van der Waals surface area contributed by atoms with E-state index in [-0.39, 0.29) is 17.2 Å². The van der Waals surface area contributed by atoms with Crippen molar-refractivity contribution in [3.8, 4) is 0 Å². The number of hydrogen-bond acceptors (Lipinski definition) is 4. The molecule has 3 N–H and O–H groups in total. The molecule has 0 aromatic heterocycles. The Hall–Kier alpha value is -2.37. The third-order valence-corrected chi connectivity index (χ3v) is 9.50. The third-order valence-electron chi connectivity index (χ3n) is 9.50. The number of carboxylic acids is 1. The van der Waals surface area contributed by atoms with Crippen LogP contribution in [0.3, 0.4) is 0 Å². The monoisotopic (exact) mass is 482 g/mol. The molecule has 1 aromatic carbocycles. The van der Waals surface area contributed by atoms with E-state index in [0.717, 1.165) is 49.7 Å². The number of nitrogens with one attached hydrogen (secondary N) is 1. The van der Waals surface area contributed by atoms with Crippen LogP contribution < -0.4 is 5.32 Å². The molecule has 1 aromatic rings. The van der Waals surface area contributed by atoms with Crippen LogP contribution in [0.2, 0.25) is 0 Å². The van der Waals surface area contributed by atoms with Gasteiger partial charge in [0.15, 0.2) is 0 Å². The van der Waals surface area contributed by atoms with Crippen LogP contribution >= 0.6 is 0 Å². The van der Waals surface area contributed by atoms with Gasteiger partial charge in [-0.3, -0.25) is 4.79 Å². The van der Waals surface area contributed by atoms with Crippen LogP contribution in [0.5, 0.6) is 0 Å². The highest BCUT2D eigenvalue weighted by atomic mass is 16.4. The van der Waals surface area contributed by atoms with E-state index in [1.807, 2.05) is 6.92 Å². The van der Waals surface area contributed by atoms with Gasteiger partial charge in [0.25, 0.3) is 0 Å². The van der Waals surface area contributed by atoms with Gasteiger partial charge in [0.2, 0.25) is 5.91 Å². The Morgan fingerprint density at radius 2 is 1.83 bits per heavy atom. The quantitative estimate of drug-likeness (QED) is 0.342. The van der Waals surface area contributed by atoms with E-state index < -0.39 is 17.4 Å². The normalized spacial score (nSPS) is 31.0. The second kappa shape index (κ2) is 9.94. The highest BCUT2D eigenvalue weighted by Gasteiger charge is 2.56. The maximum atomic E-state index is 13.8. The number of hydrogen-bond donors (Lipinski definition) is 3. The smallest absolute Gasteiger partial charge is 0.326 e. The molecule has 0 radical (unpaired) electrons. The summed E-state index contributed by atoms with van der Waals surface area (Å²) >= 11 is 0. The van der Waals surface area contributed by atoms with Gasteiger partial charge < -0.3 is 15.6 Å². The Balaban J connectivity index is 1.63. The lowest BCUT2D eigenvalue weighted by atomic mass is 9.49. The molecule has 6 heteroatoms. The topological polar surface area (TPSA) is 99.0 Å². The summed E-state index contributed by atoms with van der Waals surface area (Å²) in [7, 11) is 0. The molecule has 0 spiro atoms. The number of oxime groups is 1. The molecule has 3 aliphatic rings. The number of rotatable bonds is 6. The summed E-state index contributed by atoms with van der Waals surface area (Å²) in [6.45, 7) is 8.53. The summed E-state index contributed by atoms with van der Waals surface area (Å²) in [5.41, 5.74) is 2.98. The largest absolute Gasteiger partial charge is 0.480 e. The van der Waals surface area contributed by atoms with Crippen LogP contribution in [0.1, 0.15) is 115 Å². The minimum absolute atomic E-state index is 0.0730. The molecule has 2 fully saturated rings. The van der Waals surface area contributed by atoms with Gasteiger partial charge in [-0.15, -0.1) is 0 Å². The zero-order chi connectivity index (χ0) is 25.4. The van der Waals surface area contributed by atoms with Crippen LogP contribution in [0, 0.1) is 17.3 Å². The molecule has 0 aliphatic heterocycles. The number of amides is 1. The molecule has 2 saturated carbocycles. The molecule has 6 nitrogen and oxygen atoms in total. The SMILES string of the molecule is CC(C)c1ccc2c(c1)/C(=N\O)C[C@H]1[C@](C)(C(=O)N[C@@H](CC3CCCCC3)C(=O)O)CCC[C@]21C. The van der Waals surface area contributed by atoms with E-state index in [0.29, 0.717) is 36.8 Å². The average Bonchev–Trinajstić information content (AvgIpc) is 2.83. The van der Waals surface area contributed by atoms with Gasteiger partial charge in [-0.25, -0.2) is 4.79 Å². The lowest BCUT2D eigenvalue weighted by Crippen LogP contribution is -2.58. The molecule has 0 unspecified atom stereocenters. The van der Waals surface area contributed by atoms with Crippen molar-refractivity contribution in [3.05, 3.63) is 34.9 Å². The van der Waals surface area contributed by atoms with Crippen molar-refractivity contribution < 1.29 is 19.9 Å². The number of fused-ring (bicyclic) bond motifs is 3. The Morgan fingerprint density at radius 3 is 2.46 bits per heavy atom. The lowest BCUT2D eigenvalue weighted by molar-refractivity contribution is -0.147. The fraction of sp³-hybridized carbons (Fsp3) is 0.690. The molecule has 1 amide bonds. The van der Waals surface area contributed by atoms with Crippen molar-refractivity contribution >= 4 is 17.6 Å². The molecular formula is C29H42N2O4. The zero-order valence-corrected chi connectivity index (χ0v) is 21.8. The van der Waals surface area contributed by atoms with Crippen molar-refractivity contribution in [3.63, 3.8) is 0 Å². The maximum Gasteiger partial charge on any atom is 0.326 e. The highest BCUT2D eigenvalue weighted by molar-refractivity contribution is 6.04. The molecule has 0 saturated heterocycles. The molecule has 4 atom stereocenters. The van der Waals surface area contributed by atoms with E-state index in [4.69, 9.17) is 0 Å². The van der Waals surface area contributed by atoms with Crippen LogP contribution in [-0.2, 0) is 15.0 Å². The summed E-state index contributed by atoms with van der Waals surface area (Å²) in [4.78, 5) is 26.0. The van der Waals surface area contributed by atoms with Gasteiger partial charge >= 0.3 is 5.97 Å². The van der Waals surface area contributed by atoms with Crippen molar-refractivity contribution in [1.82, 2.24) is 5.32 Å². The Morgan fingerprint density at radius 1 is 1.11 bits per heavy atom.